The molecule has 0 atom stereocenters. The summed E-state index contributed by atoms with van der Waals surface area (Å²) < 4.78 is 0. The highest BCUT2D eigenvalue weighted by molar-refractivity contribution is 5.61. The summed E-state index contributed by atoms with van der Waals surface area (Å²) in [7, 11) is 0. The Bertz CT molecular complexity index is 331. The third kappa shape index (κ3) is 8.81. The van der Waals surface area contributed by atoms with Gasteiger partial charge in [0.1, 0.15) is 0 Å². The van der Waals surface area contributed by atoms with Crippen molar-refractivity contribution in [3.63, 3.8) is 0 Å². The van der Waals surface area contributed by atoms with E-state index in [0.29, 0.717) is 6.42 Å². The van der Waals surface area contributed by atoms with Gasteiger partial charge in [-0.05, 0) is 26.8 Å². The molecule has 0 aromatic carbocycles. The van der Waals surface area contributed by atoms with Gasteiger partial charge in [0.25, 0.3) is 0 Å². The standard InChI is InChI=1S/C13H19N3/c1-4-7-8-11-14-12-9-13(6-3)16-15-10-5-2/h4-8,10-12H,9H2,1-3H3/b7-4-,10-5-,11-8-,13-6-,14-12-,16-15-. The third-order valence-electron chi connectivity index (χ3n) is 1.62. The van der Waals surface area contributed by atoms with Gasteiger partial charge in [-0.25, -0.2) is 0 Å². The van der Waals surface area contributed by atoms with Gasteiger partial charge in [0, 0.05) is 25.0 Å². The summed E-state index contributed by atoms with van der Waals surface area (Å²) in [4.78, 5) is 4.11. The van der Waals surface area contributed by atoms with E-state index in [9.17, 15) is 0 Å². The molecule has 0 fully saturated rings. The van der Waals surface area contributed by atoms with Crippen molar-refractivity contribution in [3.8, 4) is 0 Å². The molecule has 0 aliphatic rings. The Balaban J connectivity index is 4.06. The first-order valence-corrected chi connectivity index (χ1v) is 5.31. The topological polar surface area (TPSA) is 37.1 Å². The zero-order chi connectivity index (χ0) is 12.1. The van der Waals surface area contributed by atoms with E-state index in [4.69, 9.17) is 0 Å². The average molecular weight is 217 g/mol. The molecule has 3 heteroatoms. The Hall–Kier alpha value is -1.77. The van der Waals surface area contributed by atoms with Crippen molar-refractivity contribution in [2.45, 2.75) is 27.2 Å². The number of aliphatic imine (C=N–C) groups is 1. The predicted octanol–water partition coefficient (Wildman–Crippen LogP) is 4.43. The Morgan fingerprint density at radius 1 is 1.00 bits per heavy atom. The maximum absolute atomic E-state index is 4.11. The van der Waals surface area contributed by atoms with Crippen LogP contribution in [0, 0.1) is 0 Å². The number of hydrogen-bond donors (Lipinski definition) is 0. The van der Waals surface area contributed by atoms with Crippen LogP contribution in [0.2, 0.25) is 0 Å². The van der Waals surface area contributed by atoms with Crippen molar-refractivity contribution in [1.82, 2.24) is 0 Å². The van der Waals surface area contributed by atoms with Crippen molar-refractivity contribution in [1.29, 1.82) is 0 Å². The lowest BCUT2D eigenvalue weighted by atomic mass is 10.3. The maximum Gasteiger partial charge on any atom is 0.0641 e. The first-order valence-electron chi connectivity index (χ1n) is 5.31. The van der Waals surface area contributed by atoms with Crippen LogP contribution in [-0.4, -0.2) is 6.21 Å². The number of azo groups is 1. The minimum absolute atomic E-state index is 0.692. The van der Waals surface area contributed by atoms with Crippen LogP contribution in [-0.2, 0) is 0 Å². The largest absolute Gasteiger partial charge is 0.269 e. The van der Waals surface area contributed by atoms with Crippen LogP contribution in [0.25, 0.3) is 0 Å². The van der Waals surface area contributed by atoms with Gasteiger partial charge >= 0.3 is 0 Å². The highest BCUT2D eigenvalue weighted by Gasteiger charge is 1.88. The molecular formula is C13H19N3. The Morgan fingerprint density at radius 2 is 1.81 bits per heavy atom. The predicted molar refractivity (Wildman–Crippen MR) is 70.5 cm³/mol. The summed E-state index contributed by atoms with van der Waals surface area (Å²) in [6, 6.07) is 0. The van der Waals surface area contributed by atoms with Crippen molar-refractivity contribution in [3.05, 3.63) is 48.5 Å². The zero-order valence-corrected chi connectivity index (χ0v) is 10.2. The molecule has 0 heterocycles. The highest BCUT2D eigenvalue weighted by atomic mass is 15.1. The van der Waals surface area contributed by atoms with E-state index in [0.717, 1.165) is 5.70 Å². The van der Waals surface area contributed by atoms with Crippen molar-refractivity contribution < 1.29 is 0 Å². The SMILES string of the molecule is C\C=C/C=C\N=C/CC(=C/C)/N=N\C=C/C. The smallest absolute Gasteiger partial charge is 0.0641 e. The Kier molecular flexibility index (Phi) is 10.1. The molecule has 0 amide bonds. The first-order chi connectivity index (χ1) is 7.85. The van der Waals surface area contributed by atoms with Gasteiger partial charge in [-0.3, -0.25) is 4.99 Å². The second-order valence-corrected chi connectivity index (χ2v) is 2.88. The molecule has 0 saturated carbocycles. The van der Waals surface area contributed by atoms with Crippen LogP contribution < -0.4 is 0 Å². The molecule has 0 rings (SSSR count). The van der Waals surface area contributed by atoms with E-state index < -0.39 is 0 Å². The van der Waals surface area contributed by atoms with Gasteiger partial charge < -0.3 is 0 Å². The Morgan fingerprint density at radius 3 is 2.44 bits per heavy atom. The molecular weight excluding hydrogens is 198 g/mol. The second kappa shape index (κ2) is 11.3. The summed E-state index contributed by atoms with van der Waals surface area (Å²) >= 11 is 0. The summed E-state index contributed by atoms with van der Waals surface area (Å²) in [6.07, 6.45) is 15.4. The highest BCUT2D eigenvalue weighted by Crippen LogP contribution is 2.02. The van der Waals surface area contributed by atoms with Crippen molar-refractivity contribution >= 4 is 6.21 Å². The third-order valence-corrected chi connectivity index (χ3v) is 1.62. The molecule has 16 heavy (non-hydrogen) atoms. The molecule has 86 valence electrons. The van der Waals surface area contributed by atoms with Gasteiger partial charge in [0.15, 0.2) is 0 Å². The van der Waals surface area contributed by atoms with Gasteiger partial charge in [0.05, 0.1) is 5.70 Å². The zero-order valence-electron chi connectivity index (χ0n) is 10.2. The molecule has 0 aliphatic carbocycles. The van der Waals surface area contributed by atoms with Crippen LogP contribution in [0.1, 0.15) is 27.2 Å². The normalized spacial score (nSPS) is 14.6. The average Bonchev–Trinajstić information content (AvgIpc) is 2.31. The van der Waals surface area contributed by atoms with Crippen LogP contribution in [0.4, 0.5) is 0 Å². The molecule has 3 nitrogen and oxygen atoms in total. The number of hydrogen-bond acceptors (Lipinski definition) is 3. The Labute approximate surface area is 97.7 Å². The second-order valence-electron chi connectivity index (χ2n) is 2.88. The maximum atomic E-state index is 4.11. The van der Waals surface area contributed by atoms with E-state index in [1.165, 1.54) is 0 Å². The summed E-state index contributed by atoms with van der Waals surface area (Å²) in [5.74, 6) is 0. The van der Waals surface area contributed by atoms with Crippen LogP contribution in [0.5, 0.6) is 0 Å². The van der Waals surface area contributed by atoms with Gasteiger partial charge in [0.2, 0.25) is 0 Å². The summed E-state index contributed by atoms with van der Waals surface area (Å²) in [6.45, 7) is 5.81. The molecule has 0 aromatic rings. The molecule has 0 aliphatic heterocycles. The van der Waals surface area contributed by atoms with Gasteiger partial charge in [-0.1, -0.05) is 24.3 Å². The van der Waals surface area contributed by atoms with Crippen LogP contribution >= 0.6 is 0 Å². The number of rotatable bonds is 6. The number of allylic oxidation sites excluding steroid dienone is 6. The van der Waals surface area contributed by atoms with E-state index >= 15 is 0 Å². The minimum Gasteiger partial charge on any atom is -0.269 e. The summed E-state index contributed by atoms with van der Waals surface area (Å²) in [5, 5.41) is 7.91. The van der Waals surface area contributed by atoms with Crippen molar-refractivity contribution in [2.75, 3.05) is 0 Å². The van der Waals surface area contributed by atoms with E-state index in [-0.39, 0.29) is 0 Å². The molecule has 0 bridgehead atoms. The monoisotopic (exact) mass is 217 g/mol. The lowest BCUT2D eigenvalue weighted by molar-refractivity contribution is 1.08. The van der Waals surface area contributed by atoms with E-state index in [1.54, 1.807) is 12.4 Å². The van der Waals surface area contributed by atoms with Crippen LogP contribution in [0.3, 0.4) is 0 Å². The number of nitrogens with zero attached hydrogens (tertiary/aromatic N) is 3. The fraction of sp³-hybridized carbons (Fsp3) is 0.308. The summed E-state index contributed by atoms with van der Waals surface area (Å²) in [5.41, 5.74) is 0.904. The van der Waals surface area contributed by atoms with Gasteiger partial charge in [-0.15, -0.1) is 0 Å². The fourth-order valence-corrected chi connectivity index (χ4v) is 0.808. The van der Waals surface area contributed by atoms with Crippen LogP contribution in [0.15, 0.2) is 63.7 Å². The van der Waals surface area contributed by atoms with E-state index in [1.807, 2.05) is 57.4 Å². The lowest BCUT2D eigenvalue weighted by Gasteiger charge is -1.91. The molecule has 0 radical (unpaired) electrons. The van der Waals surface area contributed by atoms with Gasteiger partial charge in [-0.2, -0.15) is 10.2 Å². The minimum atomic E-state index is 0.692. The lowest BCUT2D eigenvalue weighted by Crippen LogP contribution is -1.78. The van der Waals surface area contributed by atoms with E-state index in [2.05, 4.69) is 15.2 Å². The molecule has 0 unspecified atom stereocenters. The molecule has 0 N–H and O–H groups in total. The first kappa shape index (κ1) is 14.2. The van der Waals surface area contributed by atoms with Crippen molar-refractivity contribution in [2.24, 2.45) is 15.2 Å². The molecule has 0 saturated heterocycles. The quantitative estimate of drug-likeness (QED) is 0.358. The fourth-order valence-electron chi connectivity index (χ4n) is 0.808. The molecule has 0 spiro atoms. The molecule has 0 aromatic heterocycles.